The molecule has 0 aromatic carbocycles. The zero-order chi connectivity index (χ0) is 0. The van der Waals surface area contributed by atoms with Crippen LogP contribution in [-0.4, -0.2) is 11.0 Å². The van der Waals surface area contributed by atoms with Gasteiger partial charge in [-0.15, -0.1) is 0 Å². The second-order valence-electron chi connectivity index (χ2n) is 0. The van der Waals surface area contributed by atoms with Crippen molar-refractivity contribution in [3.8, 4) is 0 Å². The molecule has 0 atom stereocenters. The monoisotopic (exact) mass is 84.0 g/mol. The first-order valence-electron chi connectivity index (χ1n) is 0. The number of rotatable bonds is 0. The van der Waals surface area contributed by atoms with E-state index in [-0.39, 0.29) is 84.1 Å². The van der Waals surface area contributed by atoms with Crippen molar-refractivity contribution < 1.29 is 84.1 Å². The Labute approximate surface area is 82.5 Å². The van der Waals surface area contributed by atoms with Gasteiger partial charge in [0.05, 0.1) is 0 Å². The van der Waals surface area contributed by atoms with E-state index in [1.165, 1.54) is 0 Å². The van der Waals surface area contributed by atoms with Crippen LogP contribution >= 0.6 is 0 Å². The van der Waals surface area contributed by atoms with Crippen molar-refractivity contribution in [1.29, 1.82) is 0 Å². The van der Waals surface area contributed by atoms with Gasteiger partial charge < -0.3 is 13.8 Å². The number of hydrogen-bond donors (Lipinski definition) is 0. The molecule has 0 aliphatic heterocycles. The third kappa shape index (κ3) is 8.91. The van der Waals surface area contributed by atoms with Crippen molar-refractivity contribution in [2.45, 2.75) is 0 Å². The third-order valence-corrected chi connectivity index (χ3v) is 0. The first-order valence-corrected chi connectivity index (χ1v) is 0. The summed E-state index contributed by atoms with van der Waals surface area (Å²) in [6, 6.07) is 0. The first kappa shape index (κ1) is 35.2. The smallest absolute Gasteiger partial charge is 1.00 e. The second-order valence-corrected chi connectivity index (χ2v) is 0. The third-order valence-electron chi connectivity index (χ3n) is 0. The molecular weight excluding hydrogens is 78.0 g/mol. The van der Waals surface area contributed by atoms with Gasteiger partial charge in [0, 0.05) is 0 Å². The minimum atomic E-state index is 0. The molecular formula is H6KLiO2. The van der Waals surface area contributed by atoms with Gasteiger partial charge in [-0.2, -0.15) is 0 Å². The van der Waals surface area contributed by atoms with E-state index in [1.807, 2.05) is 0 Å². The summed E-state index contributed by atoms with van der Waals surface area (Å²) in [5, 5.41) is 0. The van der Waals surface area contributed by atoms with Gasteiger partial charge in [-0.3, -0.25) is 0 Å². The molecule has 4 heavy (non-hydrogen) atoms. The Bertz CT molecular complexity index is 11.5. The molecule has 4 heteroatoms. The summed E-state index contributed by atoms with van der Waals surface area (Å²) in [5.41, 5.74) is 0. The molecule has 0 amide bonds. The Morgan fingerprint density at radius 3 is 1.00 bits per heavy atom. The minimum Gasteiger partial charge on any atom is -1.00 e. The molecule has 0 saturated heterocycles. The molecule has 0 heterocycles. The molecule has 0 aliphatic carbocycles. The average Bonchev–Trinajstić information content (AvgIpc) is 0. The molecule has 0 aliphatic rings. The average molecular weight is 84.1 g/mol. The minimum absolute atomic E-state index is 0. The first-order chi connectivity index (χ1) is 0. The molecule has 0 unspecified atom stereocenters. The Balaban J connectivity index is 0. The Hall–Kier alpha value is 2.15. The van der Waals surface area contributed by atoms with Crippen LogP contribution in [0.25, 0.3) is 0 Å². The predicted octanol–water partition coefficient (Wildman–Crippen LogP) is -7.42. The predicted molar refractivity (Wildman–Crippen MR) is 9.45 cm³/mol. The van der Waals surface area contributed by atoms with Gasteiger partial charge in [-0.25, -0.2) is 0 Å². The van der Waals surface area contributed by atoms with E-state index in [0.29, 0.717) is 0 Å². The van der Waals surface area contributed by atoms with Gasteiger partial charge in [0.25, 0.3) is 0 Å². The molecule has 0 radical (unpaired) electrons. The fourth-order valence-electron chi connectivity index (χ4n) is 0. The molecule has 0 bridgehead atoms. The topological polar surface area (TPSA) is 63.0 Å². The van der Waals surface area contributed by atoms with Crippen LogP contribution in [-0.2, 0) is 0 Å². The molecule has 4 N–H and O–H groups in total. The molecule has 0 aromatic heterocycles. The maximum Gasteiger partial charge on any atom is 1.00 e. The molecule has 0 spiro atoms. The Morgan fingerprint density at radius 2 is 1.00 bits per heavy atom. The summed E-state index contributed by atoms with van der Waals surface area (Å²) in [6.45, 7) is 0. The zero-order valence-corrected chi connectivity index (χ0v) is 6.12. The normalized spacial score (nSPS) is 0. The van der Waals surface area contributed by atoms with Crippen LogP contribution in [0, 0.1) is 0 Å². The van der Waals surface area contributed by atoms with Crippen molar-refractivity contribution in [1.82, 2.24) is 0 Å². The van der Waals surface area contributed by atoms with Crippen LogP contribution in [0.2, 0.25) is 0 Å². The van der Waals surface area contributed by atoms with E-state index in [9.17, 15) is 0 Å². The molecule has 0 aromatic rings. The van der Waals surface area contributed by atoms with Gasteiger partial charge in [-0.05, 0) is 0 Å². The Kier molecular flexibility index (Phi) is 169. The van der Waals surface area contributed by atoms with Crippen LogP contribution in [0.3, 0.4) is 0 Å². The fourth-order valence-corrected chi connectivity index (χ4v) is 0. The van der Waals surface area contributed by atoms with Gasteiger partial charge in [-0.1, -0.05) is 0 Å². The Morgan fingerprint density at radius 1 is 1.00 bits per heavy atom. The van der Waals surface area contributed by atoms with Crippen LogP contribution in [0.1, 0.15) is 2.85 Å². The van der Waals surface area contributed by atoms with Crippen molar-refractivity contribution in [3.05, 3.63) is 0 Å². The number of hydrogen-bond acceptors (Lipinski definition) is 0. The van der Waals surface area contributed by atoms with Crippen molar-refractivity contribution in [2.24, 2.45) is 0 Å². The van der Waals surface area contributed by atoms with E-state index in [1.54, 1.807) is 0 Å². The maximum atomic E-state index is 0. The van der Waals surface area contributed by atoms with Crippen LogP contribution in [0.15, 0.2) is 0 Å². The van der Waals surface area contributed by atoms with E-state index < -0.39 is 0 Å². The zero-order valence-electron chi connectivity index (χ0n) is 5.00. The van der Waals surface area contributed by atoms with E-state index in [4.69, 9.17) is 0 Å². The molecule has 0 fully saturated rings. The summed E-state index contributed by atoms with van der Waals surface area (Å²) < 4.78 is 0. The molecule has 2 nitrogen and oxygen atoms in total. The molecule has 0 rings (SSSR count). The van der Waals surface area contributed by atoms with Gasteiger partial charge in [0.2, 0.25) is 0 Å². The largest absolute Gasteiger partial charge is 1.00 e. The van der Waals surface area contributed by atoms with Gasteiger partial charge >= 0.3 is 70.2 Å². The summed E-state index contributed by atoms with van der Waals surface area (Å²) in [7, 11) is 0. The van der Waals surface area contributed by atoms with Crippen LogP contribution in [0.4, 0.5) is 0 Å². The molecule has 0 saturated carbocycles. The summed E-state index contributed by atoms with van der Waals surface area (Å²) in [5.74, 6) is 0. The standard InChI is InChI=1S/K.Li.2H2O.2H/h;;2*1H2;;/q2*+1;;;2*-1. The summed E-state index contributed by atoms with van der Waals surface area (Å²) in [4.78, 5) is 0. The van der Waals surface area contributed by atoms with Crippen LogP contribution < -0.4 is 70.2 Å². The van der Waals surface area contributed by atoms with Crippen molar-refractivity contribution >= 4 is 0 Å². The second kappa shape index (κ2) is 19.2. The van der Waals surface area contributed by atoms with E-state index in [2.05, 4.69) is 0 Å². The van der Waals surface area contributed by atoms with Crippen molar-refractivity contribution in [3.63, 3.8) is 0 Å². The van der Waals surface area contributed by atoms with Gasteiger partial charge in [0.15, 0.2) is 0 Å². The maximum absolute atomic E-state index is 0. The van der Waals surface area contributed by atoms with Crippen LogP contribution in [0.5, 0.6) is 0 Å². The summed E-state index contributed by atoms with van der Waals surface area (Å²) in [6.07, 6.45) is 0. The van der Waals surface area contributed by atoms with Gasteiger partial charge in [0.1, 0.15) is 0 Å². The van der Waals surface area contributed by atoms with E-state index >= 15 is 0 Å². The SMILES string of the molecule is O.O.[H-].[H-].[K+].[Li+]. The van der Waals surface area contributed by atoms with Crippen molar-refractivity contribution in [2.75, 3.05) is 0 Å². The summed E-state index contributed by atoms with van der Waals surface area (Å²) >= 11 is 0. The quantitative estimate of drug-likeness (QED) is 0.262. The molecule has 20 valence electrons. The van der Waals surface area contributed by atoms with E-state index in [0.717, 1.165) is 0 Å². The fraction of sp³-hybridized carbons (Fsp3) is 0.